The summed E-state index contributed by atoms with van der Waals surface area (Å²) < 4.78 is 10.7. The number of piperidine rings is 1. The first-order valence-corrected chi connectivity index (χ1v) is 10.4. The largest absolute Gasteiger partial charge is 0.489 e. The minimum Gasteiger partial charge on any atom is -0.489 e. The van der Waals surface area contributed by atoms with Gasteiger partial charge < -0.3 is 19.6 Å². The number of carboxylic acid groups (broad SMARTS) is 1. The Hall–Kier alpha value is -3.32. The maximum absolute atomic E-state index is 12.2. The zero-order chi connectivity index (χ0) is 21.8. The van der Waals surface area contributed by atoms with Gasteiger partial charge in [-0.25, -0.2) is 0 Å². The van der Waals surface area contributed by atoms with E-state index in [1.54, 1.807) is 6.20 Å². The SMILES string of the molecule is COC(=O)C1CCN([C@@H](C(=O)O)c2c[nH]c3cc(OCc4ccccc4)ccc23)CC1. The van der Waals surface area contributed by atoms with Gasteiger partial charge in [-0.15, -0.1) is 0 Å². The van der Waals surface area contributed by atoms with Gasteiger partial charge in [-0.05, 0) is 30.5 Å². The average molecular weight is 422 g/mol. The first-order valence-electron chi connectivity index (χ1n) is 10.4. The van der Waals surface area contributed by atoms with Gasteiger partial charge >= 0.3 is 11.9 Å². The Kier molecular flexibility index (Phi) is 6.23. The molecule has 0 saturated carbocycles. The first kappa shape index (κ1) is 20.9. The molecular weight excluding hydrogens is 396 g/mol. The summed E-state index contributed by atoms with van der Waals surface area (Å²) in [6, 6.07) is 14.8. The number of methoxy groups -OCH3 is 1. The van der Waals surface area contributed by atoms with E-state index in [-0.39, 0.29) is 11.9 Å². The highest BCUT2D eigenvalue weighted by molar-refractivity contribution is 5.90. The number of hydrogen-bond donors (Lipinski definition) is 2. The standard InChI is InChI=1S/C24H26N2O5/c1-30-24(29)17-9-11-26(12-10-17)22(23(27)28)20-14-25-21-13-18(7-8-19(20)21)31-15-16-5-3-2-4-6-16/h2-8,13-14,17,22,25H,9-12,15H2,1H3,(H,27,28)/t22-/m1/s1. The summed E-state index contributed by atoms with van der Waals surface area (Å²) >= 11 is 0. The van der Waals surface area contributed by atoms with Crippen molar-refractivity contribution in [1.29, 1.82) is 0 Å². The van der Waals surface area contributed by atoms with Gasteiger partial charge in [0.25, 0.3) is 0 Å². The first-order chi connectivity index (χ1) is 15.1. The van der Waals surface area contributed by atoms with Crippen molar-refractivity contribution in [1.82, 2.24) is 9.88 Å². The molecule has 2 N–H and O–H groups in total. The highest BCUT2D eigenvalue weighted by Crippen LogP contribution is 2.33. The maximum atomic E-state index is 12.2. The van der Waals surface area contributed by atoms with Crippen molar-refractivity contribution in [2.75, 3.05) is 20.2 Å². The number of benzene rings is 2. The van der Waals surface area contributed by atoms with Gasteiger partial charge in [0.05, 0.1) is 13.0 Å². The van der Waals surface area contributed by atoms with Crippen molar-refractivity contribution in [3.63, 3.8) is 0 Å². The molecule has 1 aromatic heterocycles. The molecule has 31 heavy (non-hydrogen) atoms. The number of aromatic nitrogens is 1. The number of fused-ring (bicyclic) bond motifs is 1. The lowest BCUT2D eigenvalue weighted by Crippen LogP contribution is -2.41. The van der Waals surface area contributed by atoms with Crippen molar-refractivity contribution in [2.24, 2.45) is 5.92 Å². The Bertz CT molecular complexity index is 1050. The maximum Gasteiger partial charge on any atom is 0.325 e. The summed E-state index contributed by atoms with van der Waals surface area (Å²) in [5.74, 6) is -0.568. The molecule has 0 bridgehead atoms. The number of carbonyl (C=O) groups is 2. The van der Waals surface area contributed by atoms with Crippen molar-refractivity contribution < 1.29 is 24.2 Å². The Morgan fingerprint density at radius 1 is 1.16 bits per heavy atom. The summed E-state index contributed by atoms with van der Waals surface area (Å²) in [4.78, 5) is 29.1. The third-order valence-corrected chi connectivity index (χ3v) is 5.89. The van der Waals surface area contributed by atoms with Gasteiger partial charge in [0.1, 0.15) is 18.4 Å². The van der Waals surface area contributed by atoms with Crippen LogP contribution in [0.4, 0.5) is 0 Å². The molecule has 2 heterocycles. The average Bonchev–Trinajstić information content (AvgIpc) is 3.21. The zero-order valence-corrected chi connectivity index (χ0v) is 17.4. The summed E-state index contributed by atoms with van der Waals surface area (Å²) in [5, 5.41) is 10.8. The van der Waals surface area contributed by atoms with E-state index in [4.69, 9.17) is 9.47 Å². The van der Waals surface area contributed by atoms with Gasteiger partial charge in [0, 0.05) is 41.8 Å². The van der Waals surface area contributed by atoms with Crippen LogP contribution in [0.25, 0.3) is 10.9 Å². The third kappa shape index (κ3) is 4.56. The number of hydrogen-bond acceptors (Lipinski definition) is 5. The normalized spacial score (nSPS) is 16.2. The topological polar surface area (TPSA) is 91.9 Å². The van der Waals surface area contributed by atoms with Crippen molar-refractivity contribution >= 4 is 22.8 Å². The number of aliphatic carboxylic acids is 1. The van der Waals surface area contributed by atoms with E-state index in [0.29, 0.717) is 38.1 Å². The minimum absolute atomic E-state index is 0.164. The molecule has 1 aliphatic rings. The van der Waals surface area contributed by atoms with Crippen LogP contribution in [0.3, 0.4) is 0 Å². The van der Waals surface area contributed by atoms with Crippen LogP contribution in [-0.2, 0) is 20.9 Å². The van der Waals surface area contributed by atoms with Crippen LogP contribution in [0, 0.1) is 5.92 Å². The Balaban J connectivity index is 1.50. The molecule has 1 saturated heterocycles. The number of carboxylic acids is 1. The van der Waals surface area contributed by atoms with Crippen LogP contribution in [0.2, 0.25) is 0 Å². The molecule has 0 unspecified atom stereocenters. The van der Waals surface area contributed by atoms with Gasteiger partial charge in [-0.3, -0.25) is 14.5 Å². The molecule has 0 radical (unpaired) electrons. The lowest BCUT2D eigenvalue weighted by atomic mass is 9.94. The molecule has 1 fully saturated rings. The predicted molar refractivity (Wildman–Crippen MR) is 116 cm³/mol. The van der Waals surface area contributed by atoms with Crippen molar-refractivity contribution in [2.45, 2.75) is 25.5 Å². The van der Waals surface area contributed by atoms with Crippen molar-refractivity contribution in [3.8, 4) is 5.75 Å². The summed E-state index contributed by atoms with van der Waals surface area (Å²) in [6.45, 7) is 1.52. The number of H-pyrrole nitrogens is 1. The van der Waals surface area contributed by atoms with Gasteiger partial charge in [0.2, 0.25) is 0 Å². The lowest BCUT2D eigenvalue weighted by molar-refractivity contribution is -0.148. The molecule has 0 spiro atoms. The molecule has 0 amide bonds. The Morgan fingerprint density at radius 3 is 2.58 bits per heavy atom. The summed E-state index contributed by atoms with van der Waals surface area (Å²) in [6.07, 6.45) is 2.95. The zero-order valence-electron chi connectivity index (χ0n) is 17.4. The van der Waals surface area contributed by atoms with Crippen LogP contribution in [0.1, 0.15) is 30.0 Å². The minimum atomic E-state index is -0.901. The monoisotopic (exact) mass is 422 g/mol. The molecule has 7 heteroatoms. The van der Waals surface area contributed by atoms with E-state index in [1.807, 2.05) is 53.4 Å². The van der Waals surface area contributed by atoms with Crippen LogP contribution >= 0.6 is 0 Å². The number of likely N-dealkylation sites (tertiary alicyclic amines) is 1. The molecule has 2 aromatic carbocycles. The van der Waals surface area contributed by atoms with Crippen molar-refractivity contribution in [3.05, 3.63) is 65.9 Å². The quantitative estimate of drug-likeness (QED) is 0.564. The summed E-state index contributed by atoms with van der Waals surface area (Å²) in [7, 11) is 1.39. The second-order valence-corrected chi connectivity index (χ2v) is 7.80. The Labute approximate surface area is 180 Å². The number of esters is 1. The van der Waals surface area contributed by atoms with E-state index in [9.17, 15) is 14.7 Å². The number of aromatic amines is 1. The molecule has 0 aliphatic carbocycles. The third-order valence-electron chi connectivity index (χ3n) is 5.89. The molecule has 1 atom stereocenters. The van der Waals surface area contributed by atoms with E-state index >= 15 is 0 Å². The number of nitrogens with one attached hydrogen (secondary N) is 1. The van der Waals surface area contributed by atoms with Gasteiger partial charge in [0.15, 0.2) is 0 Å². The van der Waals surface area contributed by atoms with E-state index in [0.717, 1.165) is 22.2 Å². The second-order valence-electron chi connectivity index (χ2n) is 7.80. The number of nitrogens with zero attached hydrogens (tertiary/aromatic N) is 1. The molecule has 7 nitrogen and oxygen atoms in total. The fourth-order valence-electron chi connectivity index (χ4n) is 4.23. The van der Waals surface area contributed by atoms with Crippen LogP contribution < -0.4 is 4.74 Å². The fraction of sp³-hybridized carbons (Fsp3) is 0.333. The smallest absolute Gasteiger partial charge is 0.325 e. The molecule has 1 aliphatic heterocycles. The number of carbonyl (C=O) groups excluding carboxylic acids is 1. The summed E-state index contributed by atoms with van der Waals surface area (Å²) in [5.41, 5.74) is 2.63. The van der Waals surface area contributed by atoms with E-state index in [2.05, 4.69) is 4.98 Å². The number of ether oxygens (including phenoxy) is 2. The van der Waals surface area contributed by atoms with Crippen LogP contribution in [0.5, 0.6) is 5.75 Å². The van der Waals surface area contributed by atoms with Crippen LogP contribution in [-0.4, -0.2) is 47.1 Å². The molecular formula is C24H26N2O5. The molecule has 162 valence electrons. The van der Waals surface area contributed by atoms with E-state index < -0.39 is 12.0 Å². The second kappa shape index (κ2) is 9.22. The predicted octanol–water partition coefficient (Wildman–Crippen LogP) is 3.76. The highest BCUT2D eigenvalue weighted by atomic mass is 16.5. The molecule has 3 aromatic rings. The van der Waals surface area contributed by atoms with E-state index in [1.165, 1.54) is 7.11 Å². The lowest BCUT2D eigenvalue weighted by Gasteiger charge is -2.34. The van der Waals surface area contributed by atoms with Crippen LogP contribution in [0.15, 0.2) is 54.7 Å². The van der Waals surface area contributed by atoms with Gasteiger partial charge in [-0.2, -0.15) is 0 Å². The number of rotatable bonds is 7. The Morgan fingerprint density at radius 2 is 1.90 bits per heavy atom. The van der Waals surface area contributed by atoms with Gasteiger partial charge in [-0.1, -0.05) is 30.3 Å². The fourth-order valence-corrected chi connectivity index (χ4v) is 4.23. The highest BCUT2D eigenvalue weighted by Gasteiger charge is 2.34. The molecule has 4 rings (SSSR count).